The van der Waals surface area contributed by atoms with Gasteiger partial charge in [0.2, 0.25) is 0 Å². The van der Waals surface area contributed by atoms with Crippen molar-refractivity contribution in [2.75, 3.05) is 14.1 Å². The summed E-state index contributed by atoms with van der Waals surface area (Å²) in [4.78, 5) is 2.08. The van der Waals surface area contributed by atoms with E-state index >= 15 is 0 Å². The Kier molecular flexibility index (Phi) is 4.43. The first kappa shape index (κ1) is 15.4. The van der Waals surface area contributed by atoms with Crippen LogP contribution in [0, 0.1) is 0 Å². The zero-order valence-electron chi connectivity index (χ0n) is 12.5. The van der Waals surface area contributed by atoms with E-state index in [4.69, 9.17) is 16.0 Å². The third-order valence-corrected chi connectivity index (χ3v) is 4.63. The van der Waals surface area contributed by atoms with Crippen molar-refractivity contribution >= 4 is 22.6 Å². The highest BCUT2D eigenvalue weighted by atomic mass is 35.5. The monoisotopic (exact) mass is 295 g/mol. The van der Waals surface area contributed by atoms with Gasteiger partial charge in [0.25, 0.3) is 0 Å². The topological polar surface area (TPSA) is 36.6 Å². The van der Waals surface area contributed by atoms with E-state index < -0.39 is 6.10 Å². The van der Waals surface area contributed by atoms with Crippen molar-refractivity contribution in [3.8, 4) is 0 Å². The zero-order valence-corrected chi connectivity index (χ0v) is 13.2. The van der Waals surface area contributed by atoms with Crippen molar-refractivity contribution in [3.63, 3.8) is 0 Å². The largest absolute Gasteiger partial charge is 0.458 e. The summed E-state index contributed by atoms with van der Waals surface area (Å²) in [5.74, 6) is 0.597. The molecule has 1 aromatic heterocycles. The van der Waals surface area contributed by atoms with Crippen LogP contribution < -0.4 is 0 Å². The average molecular weight is 296 g/mol. The maximum absolute atomic E-state index is 10.8. The fraction of sp³-hybridized carbons (Fsp3) is 0.500. The molecule has 1 unspecified atom stereocenters. The molecule has 0 saturated heterocycles. The summed E-state index contributed by atoms with van der Waals surface area (Å²) in [5.41, 5.74) is 0.431. The summed E-state index contributed by atoms with van der Waals surface area (Å²) >= 11 is 5.99. The lowest BCUT2D eigenvalue weighted by Gasteiger charge is -2.41. The van der Waals surface area contributed by atoms with Crippen molar-refractivity contribution in [1.82, 2.24) is 4.90 Å². The van der Waals surface area contributed by atoms with Gasteiger partial charge in [0.05, 0.1) is 5.54 Å². The summed E-state index contributed by atoms with van der Waals surface area (Å²) in [7, 11) is 3.99. The first-order valence-corrected chi connectivity index (χ1v) is 7.37. The molecular formula is C16H22ClNO2. The third-order valence-electron chi connectivity index (χ3n) is 4.39. The van der Waals surface area contributed by atoms with Crippen LogP contribution in [-0.4, -0.2) is 29.6 Å². The highest BCUT2D eigenvalue weighted by Crippen LogP contribution is 2.38. The molecule has 0 spiro atoms. The number of likely N-dealkylation sites (N-methyl/N-ethyl adjacent to an activating group) is 1. The van der Waals surface area contributed by atoms with Crippen LogP contribution in [0.4, 0.5) is 0 Å². The summed E-state index contributed by atoms with van der Waals surface area (Å²) in [6, 6.07) is 7.37. The van der Waals surface area contributed by atoms with Crippen molar-refractivity contribution in [2.24, 2.45) is 0 Å². The Morgan fingerprint density at radius 3 is 2.45 bits per heavy atom. The molecule has 110 valence electrons. The van der Waals surface area contributed by atoms with Crippen LogP contribution in [0.15, 0.2) is 28.7 Å². The number of furan rings is 1. The highest BCUT2D eigenvalue weighted by molar-refractivity contribution is 6.31. The van der Waals surface area contributed by atoms with Gasteiger partial charge in [-0.25, -0.2) is 0 Å². The summed E-state index contributed by atoms with van der Waals surface area (Å²) in [6.07, 6.45) is 1.02. The minimum Gasteiger partial charge on any atom is -0.458 e. The van der Waals surface area contributed by atoms with Gasteiger partial charge >= 0.3 is 0 Å². The van der Waals surface area contributed by atoms with Crippen LogP contribution in [0.25, 0.3) is 11.0 Å². The summed E-state index contributed by atoms with van der Waals surface area (Å²) < 4.78 is 5.81. The van der Waals surface area contributed by atoms with E-state index in [-0.39, 0.29) is 5.54 Å². The van der Waals surface area contributed by atoms with E-state index in [0.29, 0.717) is 10.8 Å². The molecule has 1 atom stereocenters. The molecule has 0 saturated carbocycles. The maximum Gasteiger partial charge on any atom is 0.135 e. The second-order valence-electron chi connectivity index (χ2n) is 5.44. The number of aliphatic hydroxyl groups is 1. The molecule has 0 amide bonds. The normalized spacial score (nSPS) is 14.2. The molecule has 0 aliphatic heterocycles. The van der Waals surface area contributed by atoms with Crippen molar-refractivity contribution in [2.45, 2.75) is 38.3 Å². The minimum absolute atomic E-state index is 0.322. The summed E-state index contributed by atoms with van der Waals surface area (Å²) in [6.45, 7) is 4.18. The Bertz CT molecular complexity index is 587. The Morgan fingerprint density at radius 1 is 1.25 bits per heavy atom. The van der Waals surface area contributed by atoms with E-state index in [1.165, 1.54) is 0 Å². The summed E-state index contributed by atoms with van der Waals surface area (Å²) in [5, 5.41) is 12.4. The van der Waals surface area contributed by atoms with Gasteiger partial charge in [-0.1, -0.05) is 25.4 Å². The molecule has 1 heterocycles. The second-order valence-corrected chi connectivity index (χ2v) is 5.87. The van der Waals surface area contributed by atoms with Crippen LogP contribution in [0.5, 0.6) is 0 Å². The van der Waals surface area contributed by atoms with Gasteiger partial charge in [-0.05, 0) is 51.2 Å². The van der Waals surface area contributed by atoms with Crippen LogP contribution in [0.1, 0.15) is 38.6 Å². The molecule has 2 aromatic rings. The number of hydrogen-bond donors (Lipinski definition) is 1. The predicted molar refractivity (Wildman–Crippen MR) is 83.2 cm³/mol. The van der Waals surface area contributed by atoms with Crippen LogP contribution in [-0.2, 0) is 0 Å². The molecule has 2 rings (SSSR count). The molecule has 20 heavy (non-hydrogen) atoms. The Morgan fingerprint density at radius 2 is 1.90 bits per heavy atom. The minimum atomic E-state index is -0.668. The first-order valence-electron chi connectivity index (χ1n) is 6.99. The second kappa shape index (κ2) is 5.76. The van der Waals surface area contributed by atoms with E-state index in [1.54, 1.807) is 6.07 Å². The first-order chi connectivity index (χ1) is 9.44. The third kappa shape index (κ3) is 2.46. The van der Waals surface area contributed by atoms with Gasteiger partial charge in [-0.15, -0.1) is 0 Å². The molecule has 0 aliphatic carbocycles. The molecule has 0 aliphatic rings. The average Bonchev–Trinajstić information content (AvgIpc) is 2.83. The number of fused-ring (bicyclic) bond motifs is 1. The smallest absolute Gasteiger partial charge is 0.135 e. The lowest BCUT2D eigenvalue weighted by molar-refractivity contribution is -0.0259. The van der Waals surface area contributed by atoms with Gasteiger partial charge in [0.15, 0.2) is 0 Å². The molecule has 1 aromatic carbocycles. The lowest BCUT2D eigenvalue weighted by Crippen LogP contribution is -2.48. The number of nitrogens with zero attached hydrogens (tertiary/aromatic N) is 1. The predicted octanol–water partition coefficient (Wildman–Crippen LogP) is 4.24. The van der Waals surface area contributed by atoms with E-state index in [0.717, 1.165) is 23.8 Å². The number of hydrogen-bond acceptors (Lipinski definition) is 3. The lowest BCUT2D eigenvalue weighted by atomic mass is 9.84. The van der Waals surface area contributed by atoms with Crippen LogP contribution in [0.3, 0.4) is 0 Å². The van der Waals surface area contributed by atoms with Crippen molar-refractivity contribution in [1.29, 1.82) is 0 Å². The van der Waals surface area contributed by atoms with Crippen LogP contribution >= 0.6 is 11.6 Å². The van der Waals surface area contributed by atoms with E-state index in [9.17, 15) is 5.11 Å². The van der Waals surface area contributed by atoms with Gasteiger partial charge in [-0.2, -0.15) is 0 Å². The molecule has 0 bridgehead atoms. The Hall–Kier alpha value is -1.03. The quantitative estimate of drug-likeness (QED) is 0.896. The molecule has 0 fully saturated rings. The molecule has 3 nitrogen and oxygen atoms in total. The number of halogens is 1. The molecular weight excluding hydrogens is 274 g/mol. The van der Waals surface area contributed by atoms with Gasteiger partial charge in [0.1, 0.15) is 17.4 Å². The fourth-order valence-electron chi connectivity index (χ4n) is 2.95. The zero-order chi connectivity index (χ0) is 14.9. The molecule has 0 radical (unpaired) electrons. The van der Waals surface area contributed by atoms with Crippen molar-refractivity contribution < 1.29 is 9.52 Å². The van der Waals surface area contributed by atoms with Gasteiger partial charge in [0, 0.05) is 10.4 Å². The highest BCUT2D eigenvalue weighted by Gasteiger charge is 2.39. The van der Waals surface area contributed by atoms with Gasteiger partial charge in [-0.3, -0.25) is 0 Å². The van der Waals surface area contributed by atoms with E-state index in [2.05, 4.69) is 18.7 Å². The molecule has 1 N–H and O–H groups in total. The number of benzene rings is 1. The fourth-order valence-corrected chi connectivity index (χ4v) is 3.13. The number of rotatable bonds is 5. The van der Waals surface area contributed by atoms with Crippen molar-refractivity contribution in [3.05, 3.63) is 35.0 Å². The Labute approximate surface area is 125 Å². The van der Waals surface area contributed by atoms with Gasteiger partial charge < -0.3 is 14.4 Å². The SMILES string of the molecule is CCC(CC)(C(O)c1cc2cc(Cl)ccc2o1)N(C)C. The Balaban J connectivity index is 2.46. The maximum atomic E-state index is 10.8. The van der Waals surface area contributed by atoms with Crippen LogP contribution in [0.2, 0.25) is 5.02 Å². The number of aliphatic hydroxyl groups excluding tert-OH is 1. The standard InChI is InChI=1S/C16H22ClNO2/c1-5-16(6-2,18(3)4)15(19)14-10-11-9-12(17)7-8-13(11)20-14/h7-10,15,19H,5-6H2,1-4H3. The van der Waals surface area contributed by atoms with E-state index in [1.807, 2.05) is 32.3 Å². The molecule has 4 heteroatoms.